The molecule has 20 heavy (non-hydrogen) atoms. The zero-order valence-electron chi connectivity index (χ0n) is 11.0. The predicted molar refractivity (Wildman–Crippen MR) is 74.7 cm³/mol. The number of aryl methyl sites for hydroxylation is 1. The minimum absolute atomic E-state index is 0.125. The molecule has 0 aliphatic heterocycles. The van der Waals surface area contributed by atoms with Crippen molar-refractivity contribution in [1.82, 2.24) is 4.98 Å². The van der Waals surface area contributed by atoms with Gasteiger partial charge in [0.15, 0.2) is 0 Å². The van der Waals surface area contributed by atoms with Crippen molar-refractivity contribution in [3.8, 4) is 0 Å². The smallest absolute Gasteiger partial charge is 0.396 e. The minimum Gasteiger partial charge on any atom is -0.396 e. The normalized spacial score (nSPS) is 13.2. The number of thiophene rings is 1. The third-order valence-electron chi connectivity index (χ3n) is 2.79. The van der Waals surface area contributed by atoms with E-state index in [1.165, 1.54) is 0 Å². The van der Waals surface area contributed by atoms with Crippen LogP contribution in [0.1, 0.15) is 28.4 Å². The predicted octanol–water partition coefficient (Wildman–Crippen LogP) is 4.23. The summed E-state index contributed by atoms with van der Waals surface area (Å²) in [4.78, 5) is 5.49. The molecule has 108 valence electrons. The van der Waals surface area contributed by atoms with E-state index >= 15 is 0 Å². The number of halogens is 3. The van der Waals surface area contributed by atoms with E-state index in [0.29, 0.717) is 0 Å². The van der Waals surface area contributed by atoms with Crippen LogP contribution in [0.2, 0.25) is 0 Å². The lowest BCUT2D eigenvalue weighted by molar-refractivity contribution is -0.141. The van der Waals surface area contributed by atoms with Gasteiger partial charge in [0.2, 0.25) is 0 Å². The molecule has 0 aromatic carbocycles. The number of anilines is 2. The average molecular weight is 301 g/mol. The fraction of sp³-hybridized carbons (Fsp3) is 0.308. The molecule has 0 aliphatic carbocycles. The van der Waals surface area contributed by atoms with Crippen molar-refractivity contribution in [2.45, 2.75) is 26.1 Å². The summed E-state index contributed by atoms with van der Waals surface area (Å²) in [5, 5.41) is 3.00. The monoisotopic (exact) mass is 301 g/mol. The van der Waals surface area contributed by atoms with E-state index in [1.54, 1.807) is 11.3 Å². The van der Waals surface area contributed by atoms with Crippen molar-refractivity contribution in [3.63, 3.8) is 0 Å². The number of hydrogen-bond acceptors (Lipinski definition) is 4. The van der Waals surface area contributed by atoms with E-state index < -0.39 is 11.9 Å². The lowest BCUT2D eigenvalue weighted by Gasteiger charge is -2.17. The Morgan fingerprint density at radius 2 is 2.05 bits per heavy atom. The number of nitrogen functional groups attached to an aromatic ring is 1. The second-order valence-electron chi connectivity index (χ2n) is 4.47. The molecule has 0 spiro atoms. The van der Waals surface area contributed by atoms with Gasteiger partial charge in [-0.15, -0.1) is 11.3 Å². The summed E-state index contributed by atoms with van der Waals surface area (Å²) in [6, 6.07) is 4.72. The van der Waals surface area contributed by atoms with Crippen LogP contribution in [-0.2, 0) is 6.18 Å². The van der Waals surface area contributed by atoms with Crippen LogP contribution < -0.4 is 11.1 Å². The fourth-order valence-corrected chi connectivity index (χ4v) is 2.62. The van der Waals surface area contributed by atoms with E-state index in [9.17, 15) is 13.2 Å². The highest BCUT2D eigenvalue weighted by Gasteiger charge is 2.33. The van der Waals surface area contributed by atoms with Crippen LogP contribution in [0.25, 0.3) is 0 Å². The molecule has 7 heteroatoms. The van der Waals surface area contributed by atoms with E-state index in [4.69, 9.17) is 5.73 Å². The summed E-state index contributed by atoms with van der Waals surface area (Å²) in [5.74, 6) is 0. The van der Waals surface area contributed by atoms with Gasteiger partial charge in [0.25, 0.3) is 0 Å². The van der Waals surface area contributed by atoms with Gasteiger partial charge in [0.05, 0.1) is 23.6 Å². The summed E-state index contributed by atoms with van der Waals surface area (Å²) in [5.41, 5.74) is 5.15. The standard InChI is InChI=1S/C13H14F3N3S/c1-7-3-4-11(20-7)8(2)19-10-5-12(13(14,15)16)18-6-9(10)17/h3-6,8H,17H2,1-2H3,(H,18,19). The minimum atomic E-state index is -4.48. The summed E-state index contributed by atoms with van der Waals surface area (Å²) < 4.78 is 37.9. The Morgan fingerprint density at radius 1 is 1.35 bits per heavy atom. The summed E-state index contributed by atoms with van der Waals surface area (Å²) >= 11 is 1.59. The van der Waals surface area contributed by atoms with Crippen molar-refractivity contribution in [2.75, 3.05) is 11.1 Å². The third-order valence-corrected chi connectivity index (χ3v) is 3.97. The first-order chi connectivity index (χ1) is 9.27. The molecule has 0 fully saturated rings. The molecule has 0 saturated heterocycles. The highest BCUT2D eigenvalue weighted by atomic mass is 32.1. The Kier molecular flexibility index (Phi) is 3.89. The number of nitrogens with one attached hydrogen (secondary N) is 1. The average Bonchev–Trinajstić information content (AvgIpc) is 2.77. The molecule has 3 N–H and O–H groups in total. The molecule has 0 aliphatic rings. The van der Waals surface area contributed by atoms with Crippen LogP contribution in [0.15, 0.2) is 24.4 Å². The first-order valence-electron chi connectivity index (χ1n) is 5.93. The van der Waals surface area contributed by atoms with Crippen molar-refractivity contribution < 1.29 is 13.2 Å². The number of alkyl halides is 3. The lowest BCUT2D eigenvalue weighted by atomic mass is 10.2. The first kappa shape index (κ1) is 14.6. The Balaban J connectivity index is 2.24. The molecular weight excluding hydrogens is 287 g/mol. The number of hydrogen-bond donors (Lipinski definition) is 2. The molecule has 2 heterocycles. The molecule has 2 aromatic heterocycles. The number of pyridine rings is 1. The SMILES string of the molecule is Cc1ccc(C(C)Nc2cc(C(F)(F)F)ncc2N)s1. The number of aromatic nitrogens is 1. The van der Waals surface area contributed by atoms with Crippen LogP contribution in [0.4, 0.5) is 24.5 Å². The molecule has 0 saturated carbocycles. The molecule has 2 rings (SSSR count). The van der Waals surface area contributed by atoms with E-state index in [2.05, 4.69) is 10.3 Å². The van der Waals surface area contributed by atoms with Crippen LogP contribution in [0, 0.1) is 6.92 Å². The van der Waals surface area contributed by atoms with Gasteiger partial charge >= 0.3 is 6.18 Å². The van der Waals surface area contributed by atoms with Crippen LogP contribution in [0.3, 0.4) is 0 Å². The maximum Gasteiger partial charge on any atom is 0.433 e. The van der Waals surface area contributed by atoms with Crippen LogP contribution >= 0.6 is 11.3 Å². The molecule has 0 bridgehead atoms. The molecule has 2 aromatic rings. The summed E-state index contributed by atoms with van der Waals surface area (Å²) in [7, 11) is 0. The number of nitrogens with two attached hydrogens (primary N) is 1. The van der Waals surface area contributed by atoms with Crippen LogP contribution in [-0.4, -0.2) is 4.98 Å². The van der Waals surface area contributed by atoms with Gasteiger partial charge in [-0.1, -0.05) is 0 Å². The van der Waals surface area contributed by atoms with Crippen molar-refractivity contribution in [3.05, 3.63) is 39.8 Å². The number of rotatable bonds is 3. The van der Waals surface area contributed by atoms with Crippen molar-refractivity contribution >= 4 is 22.7 Å². The summed E-state index contributed by atoms with van der Waals surface area (Å²) in [6.45, 7) is 3.85. The van der Waals surface area contributed by atoms with E-state index in [1.807, 2.05) is 26.0 Å². The Labute approximate surface area is 118 Å². The van der Waals surface area contributed by atoms with E-state index in [0.717, 1.165) is 22.0 Å². The largest absolute Gasteiger partial charge is 0.433 e. The topological polar surface area (TPSA) is 50.9 Å². The van der Waals surface area contributed by atoms with E-state index in [-0.39, 0.29) is 17.4 Å². The zero-order chi connectivity index (χ0) is 14.9. The van der Waals surface area contributed by atoms with Gasteiger partial charge in [-0.3, -0.25) is 0 Å². The molecule has 0 amide bonds. The summed E-state index contributed by atoms with van der Waals surface area (Å²) in [6.07, 6.45) is -3.45. The molecular formula is C13H14F3N3S. The Morgan fingerprint density at radius 3 is 2.60 bits per heavy atom. The third kappa shape index (κ3) is 3.22. The van der Waals surface area contributed by atoms with Crippen LogP contribution in [0.5, 0.6) is 0 Å². The quantitative estimate of drug-likeness (QED) is 0.892. The lowest BCUT2D eigenvalue weighted by Crippen LogP contribution is -2.12. The Bertz CT molecular complexity index is 607. The van der Waals surface area contributed by atoms with Gasteiger partial charge in [0.1, 0.15) is 5.69 Å². The van der Waals surface area contributed by atoms with Crippen molar-refractivity contribution in [1.29, 1.82) is 0 Å². The van der Waals surface area contributed by atoms with Gasteiger partial charge in [-0.2, -0.15) is 13.2 Å². The second kappa shape index (κ2) is 5.32. The van der Waals surface area contributed by atoms with Gasteiger partial charge < -0.3 is 11.1 Å². The molecule has 3 nitrogen and oxygen atoms in total. The van der Waals surface area contributed by atoms with Gasteiger partial charge in [-0.05, 0) is 32.0 Å². The van der Waals surface area contributed by atoms with Crippen molar-refractivity contribution in [2.24, 2.45) is 0 Å². The molecule has 1 atom stereocenters. The second-order valence-corrected chi connectivity index (χ2v) is 5.79. The molecule has 1 unspecified atom stereocenters. The zero-order valence-corrected chi connectivity index (χ0v) is 11.8. The maximum atomic E-state index is 12.6. The maximum absolute atomic E-state index is 12.6. The number of nitrogens with zero attached hydrogens (tertiary/aromatic N) is 1. The van der Waals surface area contributed by atoms with Gasteiger partial charge in [-0.25, -0.2) is 4.98 Å². The van der Waals surface area contributed by atoms with Gasteiger partial charge in [0, 0.05) is 9.75 Å². The highest BCUT2D eigenvalue weighted by Crippen LogP contribution is 2.33. The first-order valence-corrected chi connectivity index (χ1v) is 6.74. The fourth-order valence-electron chi connectivity index (χ4n) is 1.74. The highest BCUT2D eigenvalue weighted by molar-refractivity contribution is 7.12. The molecule has 0 radical (unpaired) electrons. The Hall–Kier alpha value is -1.76.